The summed E-state index contributed by atoms with van der Waals surface area (Å²) < 4.78 is 2.78. The molecule has 0 bridgehead atoms. The number of hydrogen-bond acceptors (Lipinski definition) is 3. The van der Waals surface area contributed by atoms with Crippen LogP contribution in [0.3, 0.4) is 0 Å². The second-order valence-corrected chi connectivity index (χ2v) is 4.64. The summed E-state index contributed by atoms with van der Waals surface area (Å²) in [7, 11) is 0. The van der Waals surface area contributed by atoms with Gasteiger partial charge in [0.25, 0.3) is 0 Å². The predicted octanol–water partition coefficient (Wildman–Crippen LogP) is 2.64. The standard InChI is InChI=1S/C12H9BrN4/c13-10-6-11-12(14-7-10)15-16-17(11)8-9-4-2-1-3-5-9/h1-7H,8H2. The molecule has 84 valence electrons. The van der Waals surface area contributed by atoms with E-state index in [0.717, 1.165) is 9.99 Å². The highest BCUT2D eigenvalue weighted by molar-refractivity contribution is 9.10. The number of nitrogens with zero attached hydrogens (tertiary/aromatic N) is 4. The average molecular weight is 289 g/mol. The van der Waals surface area contributed by atoms with Gasteiger partial charge in [0.2, 0.25) is 5.65 Å². The summed E-state index contributed by atoms with van der Waals surface area (Å²) in [6.45, 7) is 0.704. The van der Waals surface area contributed by atoms with Crippen LogP contribution in [0.4, 0.5) is 0 Å². The first kappa shape index (κ1) is 10.4. The van der Waals surface area contributed by atoms with Crippen LogP contribution in [0.2, 0.25) is 0 Å². The van der Waals surface area contributed by atoms with Gasteiger partial charge in [-0.2, -0.15) is 0 Å². The van der Waals surface area contributed by atoms with Gasteiger partial charge in [-0.25, -0.2) is 9.67 Å². The van der Waals surface area contributed by atoms with Crippen molar-refractivity contribution in [3.8, 4) is 0 Å². The van der Waals surface area contributed by atoms with Crippen LogP contribution in [0.1, 0.15) is 5.56 Å². The number of halogens is 1. The number of benzene rings is 1. The topological polar surface area (TPSA) is 43.6 Å². The van der Waals surface area contributed by atoms with Crippen molar-refractivity contribution >= 4 is 27.1 Å². The van der Waals surface area contributed by atoms with Crippen LogP contribution in [0.25, 0.3) is 11.2 Å². The lowest BCUT2D eigenvalue weighted by molar-refractivity contribution is 0.669. The SMILES string of the molecule is Brc1cnc2nnn(Cc3ccccc3)c2c1. The summed E-state index contributed by atoms with van der Waals surface area (Å²) in [5.74, 6) is 0. The first-order chi connectivity index (χ1) is 8.33. The van der Waals surface area contributed by atoms with Gasteiger partial charge in [-0.3, -0.25) is 0 Å². The molecule has 5 heteroatoms. The molecule has 0 unspecified atom stereocenters. The van der Waals surface area contributed by atoms with E-state index in [0.29, 0.717) is 12.2 Å². The summed E-state index contributed by atoms with van der Waals surface area (Å²) in [5, 5.41) is 8.15. The Morgan fingerprint density at radius 2 is 2.00 bits per heavy atom. The van der Waals surface area contributed by atoms with Gasteiger partial charge in [0.1, 0.15) is 5.52 Å². The van der Waals surface area contributed by atoms with Gasteiger partial charge in [-0.1, -0.05) is 35.5 Å². The molecular formula is C12H9BrN4. The third-order valence-corrected chi connectivity index (χ3v) is 2.95. The van der Waals surface area contributed by atoms with E-state index in [-0.39, 0.29) is 0 Å². The number of rotatable bonds is 2. The van der Waals surface area contributed by atoms with Crippen LogP contribution in [0, 0.1) is 0 Å². The minimum absolute atomic E-state index is 0.670. The lowest BCUT2D eigenvalue weighted by Crippen LogP contribution is -2.01. The van der Waals surface area contributed by atoms with Crippen molar-refractivity contribution in [2.24, 2.45) is 0 Å². The fraction of sp³-hybridized carbons (Fsp3) is 0.0833. The highest BCUT2D eigenvalue weighted by atomic mass is 79.9. The van der Waals surface area contributed by atoms with Crippen molar-refractivity contribution in [2.45, 2.75) is 6.54 Å². The molecule has 3 rings (SSSR count). The Hall–Kier alpha value is -1.75. The zero-order valence-corrected chi connectivity index (χ0v) is 10.5. The summed E-state index contributed by atoms with van der Waals surface area (Å²) >= 11 is 3.41. The smallest absolute Gasteiger partial charge is 0.201 e. The molecule has 0 amide bonds. The lowest BCUT2D eigenvalue weighted by atomic mass is 10.2. The van der Waals surface area contributed by atoms with E-state index in [1.165, 1.54) is 5.56 Å². The molecule has 0 spiro atoms. The van der Waals surface area contributed by atoms with Gasteiger partial charge in [0.15, 0.2) is 0 Å². The molecule has 0 aliphatic carbocycles. The number of fused-ring (bicyclic) bond motifs is 1. The third-order valence-electron chi connectivity index (χ3n) is 2.51. The maximum absolute atomic E-state index is 4.20. The molecule has 0 aliphatic rings. The van der Waals surface area contributed by atoms with Crippen molar-refractivity contribution in [1.29, 1.82) is 0 Å². The molecule has 0 saturated heterocycles. The maximum Gasteiger partial charge on any atom is 0.201 e. The van der Waals surface area contributed by atoms with Gasteiger partial charge >= 0.3 is 0 Å². The van der Waals surface area contributed by atoms with Gasteiger partial charge < -0.3 is 0 Å². The van der Waals surface area contributed by atoms with Gasteiger partial charge in [0, 0.05) is 10.7 Å². The molecule has 3 aromatic rings. The van der Waals surface area contributed by atoms with E-state index in [9.17, 15) is 0 Å². The first-order valence-electron chi connectivity index (χ1n) is 5.21. The number of aromatic nitrogens is 4. The molecule has 0 atom stereocenters. The van der Waals surface area contributed by atoms with Gasteiger partial charge in [-0.15, -0.1) is 5.10 Å². The van der Waals surface area contributed by atoms with Crippen LogP contribution >= 0.6 is 15.9 Å². The normalized spacial score (nSPS) is 10.9. The summed E-state index contributed by atoms with van der Waals surface area (Å²) in [4.78, 5) is 4.20. The molecule has 2 aromatic heterocycles. The van der Waals surface area contributed by atoms with Gasteiger partial charge in [-0.05, 0) is 27.6 Å². The third kappa shape index (κ3) is 2.06. The monoisotopic (exact) mass is 288 g/mol. The van der Waals surface area contributed by atoms with Crippen LogP contribution in [0.15, 0.2) is 47.1 Å². The summed E-state index contributed by atoms with van der Waals surface area (Å²) in [5.41, 5.74) is 2.80. The largest absolute Gasteiger partial charge is 0.238 e. The van der Waals surface area contributed by atoms with E-state index in [1.807, 2.05) is 28.9 Å². The molecule has 0 fully saturated rings. The Labute approximate surface area is 106 Å². The fourth-order valence-corrected chi connectivity index (χ4v) is 2.03. The second-order valence-electron chi connectivity index (χ2n) is 3.73. The zero-order valence-electron chi connectivity index (χ0n) is 8.92. The highest BCUT2D eigenvalue weighted by Gasteiger charge is 2.06. The molecule has 0 saturated carbocycles. The Morgan fingerprint density at radius 3 is 2.82 bits per heavy atom. The van der Waals surface area contributed by atoms with Crippen LogP contribution in [0.5, 0.6) is 0 Å². The molecule has 4 nitrogen and oxygen atoms in total. The molecule has 1 aromatic carbocycles. The van der Waals surface area contributed by atoms with E-state index in [1.54, 1.807) is 6.20 Å². The molecule has 17 heavy (non-hydrogen) atoms. The first-order valence-corrected chi connectivity index (χ1v) is 6.01. The minimum Gasteiger partial charge on any atom is -0.238 e. The zero-order chi connectivity index (χ0) is 11.7. The van der Waals surface area contributed by atoms with Crippen LogP contribution in [-0.2, 0) is 6.54 Å². The quantitative estimate of drug-likeness (QED) is 0.728. The average Bonchev–Trinajstić information content (AvgIpc) is 2.73. The second kappa shape index (κ2) is 4.25. The van der Waals surface area contributed by atoms with E-state index in [2.05, 4.69) is 43.4 Å². The maximum atomic E-state index is 4.20. The predicted molar refractivity (Wildman–Crippen MR) is 68.6 cm³/mol. The Kier molecular flexibility index (Phi) is 2.60. The number of pyridine rings is 1. The Morgan fingerprint density at radius 1 is 1.18 bits per heavy atom. The van der Waals surface area contributed by atoms with Gasteiger partial charge in [0.05, 0.1) is 6.54 Å². The van der Waals surface area contributed by atoms with Crippen molar-refractivity contribution < 1.29 is 0 Å². The summed E-state index contributed by atoms with van der Waals surface area (Å²) in [6, 6.07) is 12.1. The molecule has 0 radical (unpaired) electrons. The molecule has 0 aliphatic heterocycles. The summed E-state index contributed by atoms with van der Waals surface area (Å²) in [6.07, 6.45) is 1.73. The van der Waals surface area contributed by atoms with E-state index in [4.69, 9.17) is 0 Å². The molecule has 0 N–H and O–H groups in total. The van der Waals surface area contributed by atoms with Crippen LogP contribution < -0.4 is 0 Å². The van der Waals surface area contributed by atoms with E-state index < -0.39 is 0 Å². The Bertz CT molecular complexity index is 648. The molecular weight excluding hydrogens is 280 g/mol. The minimum atomic E-state index is 0.670. The van der Waals surface area contributed by atoms with Crippen molar-refractivity contribution in [3.63, 3.8) is 0 Å². The Balaban J connectivity index is 2.03. The fourth-order valence-electron chi connectivity index (χ4n) is 1.71. The van der Waals surface area contributed by atoms with Crippen molar-refractivity contribution in [2.75, 3.05) is 0 Å². The van der Waals surface area contributed by atoms with Crippen LogP contribution in [-0.4, -0.2) is 20.0 Å². The van der Waals surface area contributed by atoms with E-state index >= 15 is 0 Å². The molecule has 2 heterocycles. The van der Waals surface area contributed by atoms with Crippen molar-refractivity contribution in [1.82, 2.24) is 20.0 Å². The highest BCUT2D eigenvalue weighted by Crippen LogP contribution is 2.16. The van der Waals surface area contributed by atoms with Crippen molar-refractivity contribution in [3.05, 3.63) is 52.6 Å². The lowest BCUT2D eigenvalue weighted by Gasteiger charge is -2.01. The number of hydrogen-bond donors (Lipinski definition) is 0.